The summed E-state index contributed by atoms with van der Waals surface area (Å²) in [7, 11) is -1.32. The minimum Gasteiger partial charge on any atom is -0.308 e. The van der Waals surface area contributed by atoms with Crippen molar-refractivity contribution in [3.63, 3.8) is 0 Å². The van der Waals surface area contributed by atoms with Crippen LogP contribution in [0, 0.1) is 0 Å². The zero-order chi connectivity index (χ0) is 33.1. The first kappa shape index (κ1) is 28.6. The summed E-state index contributed by atoms with van der Waals surface area (Å²) in [6.45, 7) is 4.71. The number of benzene rings is 6. The van der Waals surface area contributed by atoms with Gasteiger partial charge in [-0.15, -0.1) is 0 Å². The maximum absolute atomic E-state index is 5.50. The van der Waals surface area contributed by atoms with Crippen LogP contribution in [0.15, 0.2) is 149 Å². The van der Waals surface area contributed by atoms with Crippen molar-refractivity contribution in [3.8, 4) is 50.7 Å². The van der Waals surface area contributed by atoms with E-state index >= 15 is 0 Å². The van der Waals surface area contributed by atoms with Gasteiger partial charge < -0.3 is 4.57 Å². The van der Waals surface area contributed by atoms with Crippen molar-refractivity contribution in [2.75, 3.05) is 12.5 Å². The highest BCUT2D eigenvalue weighted by atomic mass is 32.3. The summed E-state index contributed by atoms with van der Waals surface area (Å²) in [6, 6.07) is 50.6. The third-order valence-electron chi connectivity index (χ3n) is 10.9. The van der Waals surface area contributed by atoms with E-state index in [9.17, 15) is 0 Å². The Hall–Kier alpha value is -5.45. The lowest BCUT2D eigenvalue weighted by Gasteiger charge is -2.29. The maximum atomic E-state index is 5.50. The molecule has 3 heterocycles. The Bertz CT molecular complexity index is 2660. The van der Waals surface area contributed by atoms with Gasteiger partial charge in [-0.25, -0.2) is 9.97 Å². The summed E-state index contributed by atoms with van der Waals surface area (Å²) < 4.78 is 2.44. The Labute approximate surface area is 288 Å². The van der Waals surface area contributed by atoms with Gasteiger partial charge in [0.15, 0.2) is 5.82 Å². The second-order valence-corrected chi connectivity index (χ2v) is 17.7. The SMILES string of the molecule is CC1(C)c2ccccc2-c2c1ccc1c2c2ccccc2n1-c1ccccc1-c1nc(-c2ccccc2)c2c(n1)-c1ccccc1S2(C)C. The van der Waals surface area contributed by atoms with Crippen LogP contribution in [0.4, 0.5) is 0 Å². The van der Waals surface area contributed by atoms with Crippen LogP contribution in [-0.2, 0) is 5.41 Å². The first-order valence-corrected chi connectivity index (χ1v) is 19.4. The molecule has 1 aliphatic carbocycles. The number of nitrogens with zero attached hydrogens (tertiary/aromatic N) is 3. The zero-order valence-electron chi connectivity index (χ0n) is 28.0. The molecule has 0 saturated carbocycles. The van der Waals surface area contributed by atoms with Crippen molar-refractivity contribution in [2.24, 2.45) is 0 Å². The predicted octanol–water partition coefficient (Wildman–Crippen LogP) is 11.7. The second kappa shape index (κ2) is 10.0. The van der Waals surface area contributed by atoms with Gasteiger partial charge >= 0.3 is 0 Å². The second-order valence-electron chi connectivity index (χ2n) is 14.2. The van der Waals surface area contributed by atoms with E-state index in [0.29, 0.717) is 0 Å². The van der Waals surface area contributed by atoms with E-state index in [1.807, 2.05) is 0 Å². The molecule has 49 heavy (non-hydrogen) atoms. The molecule has 8 aromatic rings. The third kappa shape index (κ3) is 3.81. The first-order chi connectivity index (χ1) is 23.9. The third-order valence-corrected chi connectivity index (χ3v) is 13.7. The average molecular weight is 650 g/mol. The predicted molar refractivity (Wildman–Crippen MR) is 206 cm³/mol. The number of hydrogen-bond acceptors (Lipinski definition) is 2. The molecule has 0 unspecified atom stereocenters. The van der Waals surface area contributed by atoms with Crippen LogP contribution in [-0.4, -0.2) is 27.0 Å². The fraction of sp³-hybridized carbons (Fsp3) is 0.111. The minimum absolute atomic E-state index is 0.0701. The largest absolute Gasteiger partial charge is 0.308 e. The maximum Gasteiger partial charge on any atom is 0.162 e. The number of rotatable bonds is 3. The lowest BCUT2D eigenvalue weighted by atomic mass is 9.82. The monoisotopic (exact) mass is 649 g/mol. The molecule has 6 aromatic carbocycles. The average Bonchev–Trinajstić information content (AvgIpc) is 3.69. The summed E-state index contributed by atoms with van der Waals surface area (Å²) in [5.74, 6) is 0.749. The first-order valence-electron chi connectivity index (χ1n) is 16.9. The topological polar surface area (TPSA) is 30.7 Å². The van der Waals surface area contributed by atoms with Crippen molar-refractivity contribution in [2.45, 2.75) is 29.1 Å². The van der Waals surface area contributed by atoms with E-state index in [0.717, 1.165) is 34.0 Å². The Morgan fingerprint density at radius 3 is 2.04 bits per heavy atom. The Morgan fingerprint density at radius 2 is 1.20 bits per heavy atom. The molecule has 0 amide bonds. The van der Waals surface area contributed by atoms with E-state index in [1.165, 1.54) is 59.4 Å². The Balaban J connectivity index is 1.29. The van der Waals surface area contributed by atoms with Gasteiger partial charge in [-0.3, -0.25) is 0 Å². The molecule has 3 nitrogen and oxygen atoms in total. The molecular weight excluding hydrogens is 615 g/mol. The van der Waals surface area contributed by atoms with Crippen molar-refractivity contribution < 1.29 is 0 Å². The number of aromatic nitrogens is 3. The standard InChI is InChI=1S/C45H35N3S/c1-45(2)33-22-12-8-18-29(33)39-34(45)26-27-37-40(39)30-19-9-13-23-35(30)48(37)36-24-14-10-20-31(36)44-46-41(28-16-6-5-7-17-28)43-42(47-44)32-21-11-15-25-38(32)49(43,3)4/h5-27H,1-4H3. The van der Waals surface area contributed by atoms with Gasteiger partial charge in [0, 0.05) is 42.7 Å². The fourth-order valence-electron chi connectivity index (χ4n) is 8.62. The van der Waals surface area contributed by atoms with Gasteiger partial charge in [-0.05, 0) is 65.1 Å². The summed E-state index contributed by atoms with van der Waals surface area (Å²) in [4.78, 5) is 13.6. The number of fused-ring (bicyclic) bond motifs is 10. The van der Waals surface area contributed by atoms with Gasteiger partial charge in [0.1, 0.15) is 0 Å². The van der Waals surface area contributed by atoms with Gasteiger partial charge in [-0.1, -0.05) is 123 Å². The highest BCUT2D eigenvalue weighted by molar-refractivity contribution is 8.33. The molecule has 0 radical (unpaired) electrons. The summed E-state index contributed by atoms with van der Waals surface area (Å²) >= 11 is 0. The minimum atomic E-state index is -1.32. The van der Waals surface area contributed by atoms with E-state index < -0.39 is 10.0 Å². The molecule has 0 saturated heterocycles. The van der Waals surface area contributed by atoms with E-state index in [4.69, 9.17) is 9.97 Å². The molecular formula is C45H35N3S. The quantitative estimate of drug-likeness (QED) is 0.191. The fourth-order valence-corrected chi connectivity index (χ4v) is 11.3. The van der Waals surface area contributed by atoms with Crippen molar-refractivity contribution in [1.29, 1.82) is 0 Å². The van der Waals surface area contributed by atoms with E-state index in [1.54, 1.807) is 0 Å². The molecule has 0 spiro atoms. The van der Waals surface area contributed by atoms with Crippen LogP contribution in [0.3, 0.4) is 0 Å². The highest BCUT2D eigenvalue weighted by Gasteiger charge is 2.39. The van der Waals surface area contributed by atoms with Crippen LogP contribution in [0.5, 0.6) is 0 Å². The lowest BCUT2D eigenvalue weighted by molar-refractivity contribution is 0.661. The molecule has 10 rings (SSSR count). The summed E-state index contributed by atoms with van der Waals surface area (Å²) in [6.07, 6.45) is 4.77. The van der Waals surface area contributed by atoms with Crippen molar-refractivity contribution >= 4 is 31.8 Å². The summed E-state index contributed by atoms with van der Waals surface area (Å²) in [5, 5.41) is 2.57. The van der Waals surface area contributed by atoms with E-state index in [2.05, 4.69) is 170 Å². The van der Waals surface area contributed by atoms with Crippen molar-refractivity contribution in [3.05, 3.63) is 151 Å². The lowest BCUT2D eigenvalue weighted by Crippen LogP contribution is -2.14. The van der Waals surface area contributed by atoms with Gasteiger partial charge in [0.25, 0.3) is 0 Å². The van der Waals surface area contributed by atoms with Crippen LogP contribution in [0.1, 0.15) is 25.0 Å². The van der Waals surface area contributed by atoms with E-state index in [-0.39, 0.29) is 5.41 Å². The van der Waals surface area contributed by atoms with Crippen LogP contribution < -0.4 is 0 Å². The van der Waals surface area contributed by atoms with Crippen LogP contribution in [0.25, 0.3) is 72.5 Å². The smallest absolute Gasteiger partial charge is 0.162 e. The molecule has 236 valence electrons. The van der Waals surface area contributed by atoms with Gasteiger partial charge in [0.05, 0.1) is 28.1 Å². The summed E-state index contributed by atoms with van der Waals surface area (Å²) in [5.41, 5.74) is 14.3. The zero-order valence-corrected chi connectivity index (χ0v) is 28.8. The van der Waals surface area contributed by atoms with Crippen LogP contribution in [0.2, 0.25) is 0 Å². The molecule has 2 aliphatic rings. The number of hydrogen-bond donors (Lipinski definition) is 0. The molecule has 1 aliphatic heterocycles. The molecule has 0 atom stereocenters. The Morgan fingerprint density at radius 1 is 0.551 bits per heavy atom. The normalized spacial score (nSPS) is 15.5. The molecule has 2 aromatic heterocycles. The molecule has 4 heteroatoms. The highest BCUT2D eigenvalue weighted by Crippen LogP contribution is 2.68. The molecule has 0 fully saturated rings. The molecule has 0 N–H and O–H groups in total. The molecule has 0 bridgehead atoms. The number of para-hydroxylation sites is 2. The Kier molecular flexibility index (Phi) is 5.85. The van der Waals surface area contributed by atoms with Gasteiger partial charge in [0.2, 0.25) is 0 Å². The van der Waals surface area contributed by atoms with Crippen molar-refractivity contribution in [1.82, 2.24) is 14.5 Å². The van der Waals surface area contributed by atoms with Crippen LogP contribution >= 0.6 is 10.0 Å². The van der Waals surface area contributed by atoms with Gasteiger partial charge in [-0.2, -0.15) is 10.0 Å².